The number of hydrogen-bond donors (Lipinski definition) is 0. The van der Waals surface area contributed by atoms with Gasteiger partial charge in [-0.3, -0.25) is 9.59 Å². The van der Waals surface area contributed by atoms with Crippen molar-refractivity contribution in [2.24, 2.45) is 0 Å². The minimum Gasteiger partial charge on any atom is -0.452 e. The van der Waals surface area contributed by atoms with Gasteiger partial charge in [0.1, 0.15) is 5.82 Å². The zero-order valence-electron chi connectivity index (χ0n) is 10.4. The van der Waals surface area contributed by atoms with Crippen LogP contribution in [-0.2, 0) is 14.3 Å². The third-order valence-corrected chi connectivity index (χ3v) is 3.57. The molecule has 2 rings (SSSR count). The van der Waals surface area contributed by atoms with E-state index in [4.69, 9.17) is 4.74 Å². The first-order valence-corrected chi connectivity index (χ1v) is 7.00. The van der Waals surface area contributed by atoms with E-state index in [0.29, 0.717) is 19.4 Å². The van der Waals surface area contributed by atoms with E-state index in [0.717, 1.165) is 3.57 Å². The first-order chi connectivity index (χ1) is 8.99. The number of halogens is 2. The number of benzene rings is 1. The molecule has 1 saturated heterocycles. The lowest BCUT2D eigenvalue weighted by atomic mass is 10.1. The maximum absolute atomic E-state index is 13.9. The second kappa shape index (κ2) is 5.85. The maximum atomic E-state index is 13.9. The number of ether oxygens (including phenoxy) is 1. The van der Waals surface area contributed by atoms with Crippen molar-refractivity contribution in [3.63, 3.8) is 0 Å². The monoisotopic (exact) mass is 377 g/mol. The van der Waals surface area contributed by atoms with Crippen LogP contribution in [0.1, 0.15) is 19.8 Å². The minimum absolute atomic E-state index is 0.238. The lowest BCUT2D eigenvalue weighted by molar-refractivity contribution is -0.154. The molecule has 1 amide bonds. The Morgan fingerprint density at radius 3 is 2.89 bits per heavy atom. The molecule has 0 spiro atoms. The number of hydrogen-bond acceptors (Lipinski definition) is 3. The molecule has 1 aromatic rings. The fourth-order valence-corrected chi connectivity index (χ4v) is 2.54. The Labute approximate surface area is 124 Å². The predicted molar refractivity (Wildman–Crippen MR) is 76.3 cm³/mol. The van der Waals surface area contributed by atoms with Gasteiger partial charge < -0.3 is 9.64 Å². The standard InChI is InChI=1S/C13H13FINO3/c1-8(17)19-12-3-2-6-16(13(12)18)11-5-4-9(15)7-10(11)14/h4-5,7,12H,2-3,6H2,1H3. The lowest BCUT2D eigenvalue weighted by Crippen LogP contribution is -2.46. The number of rotatable bonds is 2. The number of amides is 1. The van der Waals surface area contributed by atoms with Gasteiger partial charge in [0.25, 0.3) is 5.91 Å². The molecule has 0 saturated carbocycles. The molecule has 102 valence electrons. The summed E-state index contributed by atoms with van der Waals surface area (Å²) in [5, 5.41) is 0. The predicted octanol–water partition coefficient (Wildman–Crippen LogP) is 2.49. The fraction of sp³-hybridized carbons (Fsp3) is 0.385. The van der Waals surface area contributed by atoms with Crippen molar-refractivity contribution >= 4 is 40.2 Å². The highest BCUT2D eigenvalue weighted by Gasteiger charge is 2.33. The third kappa shape index (κ3) is 3.23. The Kier molecular flexibility index (Phi) is 4.38. The number of carbonyl (C=O) groups excluding carboxylic acids is 2. The van der Waals surface area contributed by atoms with Crippen LogP contribution in [0.25, 0.3) is 0 Å². The van der Waals surface area contributed by atoms with E-state index in [2.05, 4.69) is 0 Å². The largest absolute Gasteiger partial charge is 0.452 e. The van der Waals surface area contributed by atoms with Gasteiger partial charge in [0.05, 0.1) is 5.69 Å². The molecular weight excluding hydrogens is 364 g/mol. The molecule has 19 heavy (non-hydrogen) atoms. The van der Waals surface area contributed by atoms with E-state index < -0.39 is 17.9 Å². The van der Waals surface area contributed by atoms with E-state index in [9.17, 15) is 14.0 Å². The van der Waals surface area contributed by atoms with E-state index in [-0.39, 0.29) is 11.6 Å². The van der Waals surface area contributed by atoms with Crippen LogP contribution < -0.4 is 4.90 Å². The Morgan fingerprint density at radius 1 is 1.53 bits per heavy atom. The summed E-state index contributed by atoms with van der Waals surface area (Å²) in [4.78, 5) is 24.5. The topological polar surface area (TPSA) is 46.6 Å². The summed E-state index contributed by atoms with van der Waals surface area (Å²) < 4.78 is 19.6. The maximum Gasteiger partial charge on any atom is 0.303 e. The van der Waals surface area contributed by atoms with Crippen LogP contribution >= 0.6 is 22.6 Å². The van der Waals surface area contributed by atoms with Gasteiger partial charge in [-0.2, -0.15) is 0 Å². The quantitative estimate of drug-likeness (QED) is 0.588. The molecule has 1 atom stereocenters. The van der Waals surface area contributed by atoms with Gasteiger partial charge in [-0.1, -0.05) is 0 Å². The Balaban J connectivity index is 2.24. The van der Waals surface area contributed by atoms with E-state index in [1.807, 2.05) is 22.6 Å². The molecule has 6 heteroatoms. The van der Waals surface area contributed by atoms with Gasteiger partial charge in [-0.25, -0.2) is 4.39 Å². The molecule has 1 unspecified atom stereocenters. The van der Waals surface area contributed by atoms with Gasteiger partial charge in [-0.05, 0) is 53.6 Å². The van der Waals surface area contributed by atoms with Gasteiger partial charge in [-0.15, -0.1) is 0 Å². The molecule has 0 aliphatic carbocycles. The third-order valence-electron chi connectivity index (χ3n) is 2.90. The molecule has 1 aliphatic heterocycles. The summed E-state index contributed by atoms with van der Waals surface area (Å²) >= 11 is 2.01. The van der Waals surface area contributed by atoms with Gasteiger partial charge >= 0.3 is 5.97 Å². The number of carbonyl (C=O) groups is 2. The van der Waals surface area contributed by atoms with Crippen LogP contribution in [0.15, 0.2) is 18.2 Å². The van der Waals surface area contributed by atoms with E-state index in [1.54, 1.807) is 12.1 Å². The first-order valence-electron chi connectivity index (χ1n) is 5.92. The summed E-state index contributed by atoms with van der Waals surface area (Å²) in [6, 6.07) is 4.69. The SMILES string of the molecule is CC(=O)OC1CCCN(c2ccc(I)cc2F)C1=O. The number of piperidine rings is 1. The highest BCUT2D eigenvalue weighted by Crippen LogP contribution is 2.26. The average molecular weight is 377 g/mol. The van der Waals surface area contributed by atoms with Crippen LogP contribution in [0, 0.1) is 9.39 Å². The minimum atomic E-state index is -0.801. The van der Waals surface area contributed by atoms with Gasteiger partial charge in [0.15, 0.2) is 6.10 Å². The zero-order valence-corrected chi connectivity index (χ0v) is 12.5. The molecular formula is C13H13FINO3. The zero-order chi connectivity index (χ0) is 14.0. The van der Waals surface area contributed by atoms with Crippen LogP contribution in [0.2, 0.25) is 0 Å². The molecule has 1 aromatic carbocycles. The van der Waals surface area contributed by atoms with Crippen molar-refractivity contribution in [3.8, 4) is 0 Å². The number of anilines is 1. The molecule has 0 radical (unpaired) electrons. The van der Waals surface area contributed by atoms with Crippen molar-refractivity contribution < 1.29 is 18.7 Å². The number of esters is 1. The molecule has 4 nitrogen and oxygen atoms in total. The smallest absolute Gasteiger partial charge is 0.303 e. The number of nitrogens with zero attached hydrogens (tertiary/aromatic N) is 1. The highest BCUT2D eigenvalue weighted by molar-refractivity contribution is 14.1. The van der Waals surface area contributed by atoms with Crippen LogP contribution in [-0.4, -0.2) is 24.5 Å². The summed E-state index contributed by atoms with van der Waals surface area (Å²) in [5.74, 6) is -1.30. The fourth-order valence-electron chi connectivity index (χ4n) is 2.09. The molecule has 1 heterocycles. The Morgan fingerprint density at radius 2 is 2.26 bits per heavy atom. The van der Waals surface area contributed by atoms with Crippen LogP contribution in [0.4, 0.5) is 10.1 Å². The molecule has 1 aliphatic rings. The average Bonchev–Trinajstić information content (AvgIpc) is 2.32. The summed E-state index contributed by atoms with van der Waals surface area (Å²) in [6.07, 6.45) is 0.362. The Hall–Kier alpha value is -1.18. The second-order valence-electron chi connectivity index (χ2n) is 4.33. The van der Waals surface area contributed by atoms with Gasteiger partial charge in [0.2, 0.25) is 0 Å². The molecule has 1 fully saturated rings. The van der Waals surface area contributed by atoms with Gasteiger partial charge in [0, 0.05) is 17.0 Å². The summed E-state index contributed by atoms with van der Waals surface area (Å²) in [7, 11) is 0. The van der Waals surface area contributed by atoms with Crippen molar-refractivity contribution in [2.75, 3.05) is 11.4 Å². The van der Waals surface area contributed by atoms with Crippen molar-refractivity contribution in [1.29, 1.82) is 0 Å². The van der Waals surface area contributed by atoms with Crippen LogP contribution in [0.3, 0.4) is 0 Å². The summed E-state index contributed by atoms with van der Waals surface area (Å²) in [6.45, 7) is 1.70. The summed E-state index contributed by atoms with van der Waals surface area (Å²) in [5.41, 5.74) is 0.238. The van der Waals surface area contributed by atoms with Crippen molar-refractivity contribution in [1.82, 2.24) is 0 Å². The highest BCUT2D eigenvalue weighted by atomic mass is 127. The normalized spacial score (nSPS) is 19.4. The Bertz CT molecular complexity index is 521. The molecule has 0 bridgehead atoms. The van der Waals surface area contributed by atoms with Crippen molar-refractivity contribution in [2.45, 2.75) is 25.9 Å². The lowest BCUT2D eigenvalue weighted by Gasteiger charge is -2.31. The van der Waals surface area contributed by atoms with Crippen LogP contribution in [0.5, 0.6) is 0 Å². The molecule has 0 N–H and O–H groups in total. The van der Waals surface area contributed by atoms with Crippen molar-refractivity contribution in [3.05, 3.63) is 27.6 Å². The van der Waals surface area contributed by atoms with E-state index >= 15 is 0 Å². The second-order valence-corrected chi connectivity index (χ2v) is 5.57. The first kappa shape index (κ1) is 14.2. The van der Waals surface area contributed by atoms with E-state index in [1.165, 1.54) is 17.9 Å². The molecule has 0 aromatic heterocycles.